The van der Waals surface area contributed by atoms with Gasteiger partial charge in [0.1, 0.15) is 0 Å². The van der Waals surface area contributed by atoms with Crippen LogP contribution < -0.4 is 5.73 Å². The molecule has 0 fully saturated rings. The Bertz CT molecular complexity index is 1260. The quantitative estimate of drug-likeness (QED) is 0.570. The van der Waals surface area contributed by atoms with Gasteiger partial charge in [-0.1, -0.05) is 30.3 Å². The molecule has 3 heterocycles. The van der Waals surface area contributed by atoms with Gasteiger partial charge in [0.25, 0.3) is 0 Å². The first-order valence-electron chi connectivity index (χ1n) is 10.0. The first-order chi connectivity index (χ1) is 14.6. The number of rotatable bonds is 4. The molecule has 7 heteroatoms. The van der Waals surface area contributed by atoms with Gasteiger partial charge in [0.15, 0.2) is 0 Å². The molecule has 2 N–H and O–H groups in total. The Labute approximate surface area is 173 Å². The number of carbonyl (C=O) groups is 1. The summed E-state index contributed by atoms with van der Waals surface area (Å²) in [6.07, 6.45) is 13.7. The average molecular weight is 398 g/mol. The lowest BCUT2D eigenvalue weighted by Gasteiger charge is -2.19. The van der Waals surface area contributed by atoms with Crippen molar-refractivity contribution < 1.29 is 4.79 Å². The highest BCUT2D eigenvalue weighted by atomic mass is 16.1. The summed E-state index contributed by atoms with van der Waals surface area (Å²) in [5.74, 6) is -0.312. The largest absolute Gasteiger partial charge is 0.369 e. The lowest BCUT2D eigenvalue weighted by Crippen LogP contribution is -2.24. The first-order valence-corrected chi connectivity index (χ1v) is 10.0. The fraction of sp³-hybridized carbons (Fsp3) is 0.217. The highest BCUT2D eigenvalue weighted by Crippen LogP contribution is 2.35. The van der Waals surface area contributed by atoms with Crippen LogP contribution in [0.5, 0.6) is 0 Å². The number of aromatic nitrogens is 5. The summed E-state index contributed by atoms with van der Waals surface area (Å²) in [5.41, 5.74) is 12.8. The summed E-state index contributed by atoms with van der Waals surface area (Å²) < 4.78 is 3.67. The van der Waals surface area contributed by atoms with Crippen molar-refractivity contribution in [3.05, 3.63) is 67.0 Å². The summed E-state index contributed by atoms with van der Waals surface area (Å²) >= 11 is 0. The number of primary amides is 1. The van der Waals surface area contributed by atoms with Crippen molar-refractivity contribution in [2.75, 3.05) is 0 Å². The van der Waals surface area contributed by atoms with Gasteiger partial charge < -0.3 is 5.73 Å². The van der Waals surface area contributed by atoms with Gasteiger partial charge >= 0.3 is 0 Å². The molecular weight excluding hydrogens is 376 g/mol. The molecule has 1 unspecified atom stereocenters. The van der Waals surface area contributed by atoms with Crippen LogP contribution in [0.1, 0.15) is 25.0 Å². The smallest absolute Gasteiger partial charge is 0.220 e. The minimum Gasteiger partial charge on any atom is -0.369 e. The maximum atomic E-state index is 11.5. The van der Waals surface area contributed by atoms with Crippen LogP contribution in [0.15, 0.2) is 61.3 Å². The van der Waals surface area contributed by atoms with Crippen LogP contribution in [0, 0.1) is 5.92 Å². The van der Waals surface area contributed by atoms with Gasteiger partial charge in [-0.3, -0.25) is 14.5 Å². The Morgan fingerprint density at radius 3 is 2.57 bits per heavy atom. The zero-order valence-corrected chi connectivity index (χ0v) is 16.7. The van der Waals surface area contributed by atoms with E-state index in [1.54, 1.807) is 10.9 Å². The second kappa shape index (κ2) is 7.26. The highest BCUT2D eigenvalue weighted by molar-refractivity contribution is 5.89. The number of hydrogen-bond acceptors (Lipinski definition) is 4. The minimum absolute atomic E-state index is 0.0853. The zero-order valence-electron chi connectivity index (χ0n) is 16.7. The molecule has 5 rings (SSSR count). The number of aryl methyl sites for hydroxylation is 1. The third-order valence-electron chi connectivity index (χ3n) is 5.78. The van der Waals surface area contributed by atoms with Crippen LogP contribution >= 0.6 is 0 Å². The Kier molecular flexibility index (Phi) is 4.43. The van der Waals surface area contributed by atoms with E-state index in [4.69, 9.17) is 5.73 Å². The molecule has 4 aromatic rings. The van der Waals surface area contributed by atoms with E-state index in [-0.39, 0.29) is 11.8 Å². The fourth-order valence-corrected chi connectivity index (χ4v) is 4.11. The molecule has 0 saturated carbocycles. The van der Waals surface area contributed by atoms with Crippen LogP contribution in [0.4, 0.5) is 0 Å². The van der Waals surface area contributed by atoms with E-state index < -0.39 is 0 Å². The van der Waals surface area contributed by atoms with Crippen molar-refractivity contribution in [3.63, 3.8) is 0 Å². The van der Waals surface area contributed by atoms with E-state index in [0.29, 0.717) is 6.42 Å². The second-order valence-electron chi connectivity index (χ2n) is 7.71. The maximum absolute atomic E-state index is 11.5. The number of nitrogens with zero attached hydrogens (tertiary/aromatic N) is 5. The third-order valence-corrected chi connectivity index (χ3v) is 5.78. The first kappa shape index (κ1) is 18.3. The molecule has 0 spiro atoms. The van der Waals surface area contributed by atoms with E-state index in [1.807, 2.05) is 36.4 Å². The van der Waals surface area contributed by atoms with Gasteiger partial charge in [-0.25, -0.2) is 4.52 Å². The molecule has 0 aliphatic heterocycles. The van der Waals surface area contributed by atoms with Crippen molar-refractivity contribution in [2.45, 2.75) is 19.3 Å². The Hall–Kier alpha value is -3.74. The summed E-state index contributed by atoms with van der Waals surface area (Å²) in [4.78, 5) is 16.2. The van der Waals surface area contributed by atoms with Crippen LogP contribution in [-0.2, 0) is 11.8 Å². The van der Waals surface area contributed by atoms with Gasteiger partial charge in [-0.05, 0) is 36.0 Å². The van der Waals surface area contributed by atoms with Crippen molar-refractivity contribution in [3.8, 4) is 22.3 Å². The highest BCUT2D eigenvalue weighted by Gasteiger charge is 2.22. The Balaban J connectivity index is 1.54. The van der Waals surface area contributed by atoms with Gasteiger partial charge in [0, 0.05) is 42.7 Å². The van der Waals surface area contributed by atoms with E-state index >= 15 is 0 Å². The van der Waals surface area contributed by atoms with Gasteiger partial charge in [-0.15, -0.1) is 0 Å². The molecular formula is C23H22N6O. The molecule has 0 saturated heterocycles. The van der Waals surface area contributed by atoms with Crippen LogP contribution in [-0.4, -0.2) is 30.3 Å². The van der Waals surface area contributed by atoms with Crippen molar-refractivity contribution >= 4 is 17.0 Å². The van der Waals surface area contributed by atoms with E-state index in [2.05, 4.69) is 45.5 Å². The lowest BCUT2D eigenvalue weighted by atomic mass is 9.87. The summed E-state index contributed by atoms with van der Waals surface area (Å²) in [6.45, 7) is 0. The summed E-state index contributed by atoms with van der Waals surface area (Å²) in [6, 6.07) is 8.41. The average Bonchev–Trinajstić information content (AvgIpc) is 3.40. The molecule has 1 aliphatic carbocycles. The van der Waals surface area contributed by atoms with E-state index in [0.717, 1.165) is 51.9 Å². The van der Waals surface area contributed by atoms with E-state index in [1.165, 1.54) is 0 Å². The molecule has 150 valence electrons. The number of allylic oxidation sites excluding steroid dienone is 2. The SMILES string of the molecule is Cn1cc(-c2ccc(-c3cnn4ccnc(C5=CCC(C(N)=O)CC5)c34)cc2)cn1. The van der Waals surface area contributed by atoms with Gasteiger partial charge in [0.05, 0.1) is 23.6 Å². The minimum atomic E-state index is -0.227. The number of amides is 1. The topological polar surface area (TPSA) is 91.1 Å². The molecule has 1 aliphatic rings. The van der Waals surface area contributed by atoms with E-state index in [9.17, 15) is 4.79 Å². The number of benzene rings is 1. The number of nitrogens with two attached hydrogens (primary N) is 1. The molecule has 30 heavy (non-hydrogen) atoms. The zero-order chi connectivity index (χ0) is 20.7. The predicted octanol–water partition coefficient (Wildman–Crippen LogP) is 3.47. The molecule has 1 atom stereocenters. The standard InChI is InChI=1S/C23H22N6O/c1-28-14-19(12-26-28)15-2-4-16(5-3-15)20-13-27-29-11-10-25-21(22(20)29)17-6-8-18(9-7-17)23(24)30/h2-6,10-14,18H,7-9H2,1H3,(H2,24,30). The second-order valence-corrected chi connectivity index (χ2v) is 7.71. The molecule has 1 amide bonds. The Morgan fingerprint density at radius 2 is 1.90 bits per heavy atom. The predicted molar refractivity (Wildman–Crippen MR) is 115 cm³/mol. The normalized spacial score (nSPS) is 16.6. The van der Waals surface area contributed by atoms with Crippen LogP contribution in [0.25, 0.3) is 33.3 Å². The van der Waals surface area contributed by atoms with Gasteiger partial charge in [0.2, 0.25) is 5.91 Å². The molecule has 0 bridgehead atoms. The molecule has 0 radical (unpaired) electrons. The van der Waals surface area contributed by atoms with Crippen molar-refractivity contribution in [1.82, 2.24) is 24.4 Å². The molecule has 3 aromatic heterocycles. The fourth-order valence-electron chi connectivity index (χ4n) is 4.11. The van der Waals surface area contributed by atoms with Gasteiger partial charge in [-0.2, -0.15) is 10.2 Å². The monoisotopic (exact) mass is 398 g/mol. The molecule has 7 nitrogen and oxygen atoms in total. The third kappa shape index (κ3) is 3.18. The molecule has 1 aromatic carbocycles. The number of fused-ring (bicyclic) bond motifs is 1. The van der Waals surface area contributed by atoms with Crippen molar-refractivity contribution in [2.24, 2.45) is 18.7 Å². The summed E-state index contributed by atoms with van der Waals surface area (Å²) in [5, 5.41) is 8.79. The Morgan fingerprint density at radius 1 is 1.10 bits per heavy atom. The lowest BCUT2D eigenvalue weighted by molar-refractivity contribution is -0.121. The van der Waals surface area contributed by atoms with Crippen molar-refractivity contribution in [1.29, 1.82) is 0 Å². The number of carbonyl (C=O) groups excluding carboxylic acids is 1. The van der Waals surface area contributed by atoms with Crippen LogP contribution in [0.3, 0.4) is 0 Å². The number of hydrogen-bond donors (Lipinski definition) is 1. The maximum Gasteiger partial charge on any atom is 0.220 e. The van der Waals surface area contributed by atoms with Crippen LogP contribution in [0.2, 0.25) is 0 Å². The summed E-state index contributed by atoms with van der Waals surface area (Å²) in [7, 11) is 1.91.